The molecule has 2 unspecified atom stereocenters. The van der Waals surface area contributed by atoms with Gasteiger partial charge >= 0.3 is 19.8 Å². The van der Waals surface area contributed by atoms with E-state index in [1.165, 1.54) is 180 Å². The molecular weight excluding hydrogens is 954 g/mol. The molecule has 0 aliphatic rings. The molecule has 0 aliphatic carbocycles. The molecule has 2 atom stereocenters. The summed E-state index contributed by atoms with van der Waals surface area (Å²) in [6, 6.07) is 0. The number of ether oxygens (including phenoxy) is 2. The molecule has 0 aromatic carbocycles. The van der Waals surface area contributed by atoms with Crippen LogP contribution in [0.2, 0.25) is 0 Å². The lowest BCUT2D eigenvalue weighted by Crippen LogP contribution is -2.29. The summed E-state index contributed by atoms with van der Waals surface area (Å²) in [5.41, 5.74) is 5.38. The van der Waals surface area contributed by atoms with Crippen LogP contribution in [-0.4, -0.2) is 49.3 Å². The Kier molecular flexibility index (Phi) is 58.6. The average molecular weight is 1070 g/mol. The van der Waals surface area contributed by atoms with Crippen LogP contribution in [0.15, 0.2) is 72.9 Å². The van der Waals surface area contributed by atoms with Crippen LogP contribution in [0, 0.1) is 0 Å². The van der Waals surface area contributed by atoms with Crippen molar-refractivity contribution in [2.24, 2.45) is 5.73 Å². The van der Waals surface area contributed by atoms with Crippen molar-refractivity contribution in [3.05, 3.63) is 72.9 Å². The van der Waals surface area contributed by atoms with Gasteiger partial charge in [0.25, 0.3) is 0 Å². The van der Waals surface area contributed by atoms with E-state index in [1.807, 2.05) is 0 Å². The van der Waals surface area contributed by atoms with Crippen molar-refractivity contribution in [3.8, 4) is 0 Å². The van der Waals surface area contributed by atoms with Crippen LogP contribution >= 0.6 is 7.82 Å². The molecule has 0 saturated carbocycles. The first kappa shape index (κ1) is 72.5. The van der Waals surface area contributed by atoms with Crippen molar-refractivity contribution in [1.82, 2.24) is 0 Å². The maximum atomic E-state index is 12.7. The molecule has 3 N–H and O–H groups in total. The fourth-order valence-corrected chi connectivity index (χ4v) is 9.72. The van der Waals surface area contributed by atoms with Crippen molar-refractivity contribution >= 4 is 19.8 Å². The Balaban J connectivity index is 3.78. The van der Waals surface area contributed by atoms with Crippen LogP contribution in [0.25, 0.3) is 0 Å². The Bertz CT molecular complexity index is 1460. The van der Waals surface area contributed by atoms with E-state index in [9.17, 15) is 19.0 Å². The highest BCUT2D eigenvalue weighted by molar-refractivity contribution is 7.47. The second-order valence-electron chi connectivity index (χ2n) is 20.9. The van der Waals surface area contributed by atoms with Gasteiger partial charge in [-0.25, -0.2) is 4.57 Å². The van der Waals surface area contributed by atoms with Gasteiger partial charge in [0.2, 0.25) is 0 Å². The molecule has 0 radical (unpaired) electrons. The zero-order valence-corrected chi connectivity index (χ0v) is 49.7. The van der Waals surface area contributed by atoms with E-state index in [0.29, 0.717) is 12.8 Å². The van der Waals surface area contributed by atoms with Crippen molar-refractivity contribution in [2.45, 2.75) is 302 Å². The molecule has 0 amide bonds. The van der Waals surface area contributed by atoms with E-state index in [0.717, 1.165) is 77.0 Å². The van der Waals surface area contributed by atoms with E-state index in [4.69, 9.17) is 24.3 Å². The third-order valence-electron chi connectivity index (χ3n) is 13.6. The first-order valence-electron chi connectivity index (χ1n) is 31.4. The van der Waals surface area contributed by atoms with Crippen molar-refractivity contribution < 1.29 is 37.6 Å². The predicted molar refractivity (Wildman–Crippen MR) is 321 cm³/mol. The van der Waals surface area contributed by atoms with E-state index in [2.05, 4.69) is 86.8 Å². The smallest absolute Gasteiger partial charge is 0.462 e. The van der Waals surface area contributed by atoms with Crippen molar-refractivity contribution in [2.75, 3.05) is 26.4 Å². The topological polar surface area (TPSA) is 134 Å². The highest BCUT2D eigenvalue weighted by atomic mass is 31.2. The number of carbonyl (C=O) groups excluding carboxylic acids is 2. The number of phosphoric acid groups is 1. The van der Waals surface area contributed by atoms with E-state index < -0.39 is 32.5 Å². The molecule has 0 aromatic heterocycles. The lowest BCUT2D eigenvalue weighted by molar-refractivity contribution is -0.161. The summed E-state index contributed by atoms with van der Waals surface area (Å²) >= 11 is 0. The molecule has 10 heteroatoms. The molecule has 0 saturated heterocycles. The fourth-order valence-electron chi connectivity index (χ4n) is 8.95. The van der Waals surface area contributed by atoms with Gasteiger partial charge in [-0.1, -0.05) is 273 Å². The van der Waals surface area contributed by atoms with Crippen LogP contribution in [0.5, 0.6) is 0 Å². The summed E-state index contributed by atoms with van der Waals surface area (Å²) in [5, 5.41) is 0. The number of hydrogen-bond acceptors (Lipinski definition) is 8. The number of allylic oxidation sites excluding steroid dienone is 12. The molecule has 0 spiro atoms. The monoisotopic (exact) mass is 1070 g/mol. The van der Waals surface area contributed by atoms with Crippen LogP contribution in [0.3, 0.4) is 0 Å². The Hall–Kier alpha value is -2.55. The predicted octanol–water partition coefficient (Wildman–Crippen LogP) is 20.1. The highest BCUT2D eigenvalue weighted by Gasteiger charge is 2.26. The Labute approximate surface area is 462 Å². The van der Waals surface area contributed by atoms with Gasteiger partial charge < -0.3 is 20.1 Å². The quantitative estimate of drug-likeness (QED) is 0.0264. The molecule has 0 heterocycles. The summed E-state index contributed by atoms with van der Waals surface area (Å²) in [4.78, 5) is 35.1. The number of carbonyl (C=O) groups is 2. The number of nitrogens with two attached hydrogens (primary N) is 1. The summed E-state index contributed by atoms with van der Waals surface area (Å²) in [6.07, 6.45) is 78.6. The molecule has 0 aliphatic heterocycles. The third-order valence-corrected chi connectivity index (χ3v) is 14.6. The largest absolute Gasteiger partial charge is 0.472 e. The maximum Gasteiger partial charge on any atom is 0.472 e. The molecule has 0 aromatic rings. The minimum absolute atomic E-state index is 0.0499. The maximum absolute atomic E-state index is 12.7. The SMILES string of the molecule is CC/C=C\C/C=C\C/C=C\CCCCCCCC(=O)OCC(COP(=O)(O)OCCN)OC(=O)CCCCCCCCCCCCCCCCCCCCCCCCCC/C=C\C/C=C\C/C=C\CCCCCCC. The van der Waals surface area contributed by atoms with E-state index in [-0.39, 0.29) is 32.6 Å². The molecule has 0 fully saturated rings. The third kappa shape index (κ3) is 60.5. The molecule has 75 heavy (non-hydrogen) atoms. The van der Waals surface area contributed by atoms with Gasteiger partial charge in [-0.15, -0.1) is 0 Å². The number of phosphoric ester groups is 1. The van der Waals surface area contributed by atoms with Gasteiger partial charge in [0.1, 0.15) is 6.61 Å². The summed E-state index contributed by atoms with van der Waals surface area (Å²) in [7, 11) is -4.39. The van der Waals surface area contributed by atoms with Crippen LogP contribution in [-0.2, 0) is 32.7 Å². The standard InChI is InChI=1S/C65H118NO8P/c1-3-5-7-9-11-13-15-17-19-20-21-22-23-24-25-26-27-28-29-30-31-32-33-34-35-36-37-38-39-40-41-42-44-46-48-50-52-54-56-58-65(68)74-63(62-73-75(69,70)72-60-59-66)61-71-64(67)57-55-53-51-49-47-45-43-18-16-14-12-10-8-6-4-2/h6,8,12,14-15,17-18,20-21,23-24,43,63H,3-5,7,9-11,13,16,19,22,25-42,44-62,66H2,1-2H3,(H,69,70)/b8-6-,14-12-,17-15-,21-20-,24-23-,43-18-. The summed E-state index contributed by atoms with van der Waals surface area (Å²) in [5.74, 6) is -0.840. The number of rotatable bonds is 59. The van der Waals surface area contributed by atoms with Crippen LogP contribution in [0.1, 0.15) is 296 Å². The molecule has 0 bridgehead atoms. The van der Waals surface area contributed by atoms with E-state index >= 15 is 0 Å². The normalized spacial score (nSPS) is 13.5. The second-order valence-corrected chi connectivity index (χ2v) is 22.3. The summed E-state index contributed by atoms with van der Waals surface area (Å²) < 4.78 is 33.0. The Morgan fingerprint density at radius 2 is 0.733 bits per heavy atom. The molecular formula is C65H118NO8P. The van der Waals surface area contributed by atoms with Gasteiger partial charge in [-0.05, 0) is 83.5 Å². The van der Waals surface area contributed by atoms with Gasteiger partial charge in [0.05, 0.1) is 13.2 Å². The number of unbranched alkanes of at least 4 members (excludes halogenated alkanes) is 34. The average Bonchev–Trinajstić information content (AvgIpc) is 3.40. The first-order chi connectivity index (χ1) is 36.8. The zero-order chi connectivity index (χ0) is 54.5. The van der Waals surface area contributed by atoms with E-state index in [1.54, 1.807) is 0 Å². The first-order valence-corrected chi connectivity index (χ1v) is 32.9. The molecule has 0 rings (SSSR count). The van der Waals surface area contributed by atoms with Crippen LogP contribution < -0.4 is 5.73 Å². The van der Waals surface area contributed by atoms with Crippen LogP contribution in [0.4, 0.5) is 0 Å². The van der Waals surface area contributed by atoms with Gasteiger partial charge in [0, 0.05) is 19.4 Å². The second kappa shape index (κ2) is 60.7. The number of hydrogen-bond donors (Lipinski definition) is 2. The van der Waals surface area contributed by atoms with Gasteiger partial charge in [0.15, 0.2) is 6.10 Å². The Morgan fingerprint density at radius 1 is 0.413 bits per heavy atom. The van der Waals surface area contributed by atoms with Gasteiger partial charge in [-0.3, -0.25) is 18.6 Å². The Morgan fingerprint density at radius 3 is 1.09 bits per heavy atom. The van der Waals surface area contributed by atoms with Crippen molar-refractivity contribution in [1.29, 1.82) is 0 Å². The molecule has 436 valence electrons. The molecule has 9 nitrogen and oxygen atoms in total. The minimum Gasteiger partial charge on any atom is -0.462 e. The van der Waals surface area contributed by atoms with Crippen molar-refractivity contribution in [3.63, 3.8) is 0 Å². The fraction of sp³-hybridized carbons (Fsp3) is 0.785. The minimum atomic E-state index is -4.39. The lowest BCUT2D eigenvalue weighted by atomic mass is 10.0. The highest BCUT2D eigenvalue weighted by Crippen LogP contribution is 2.43. The zero-order valence-electron chi connectivity index (χ0n) is 48.8. The van der Waals surface area contributed by atoms with Gasteiger partial charge in [-0.2, -0.15) is 0 Å². The lowest BCUT2D eigenvalue weighted by Gasteiger charge is -2.19. The number of esters is 2. The summed E-state index contributed by atoms with van der Waals surface area (Å²) in [6.45, 7) is 3.62.